The van der Waals surface area contributed by atoms with E-state index in [4.69, 9.17) is 11.6 Å². The Labute approximate surface area is 121 Å². The van der Waals surface area contributed by atoms with E-state index in [0.717, 1.165) is 24.0 Å². The standard InChI is InChI=1S/C17H24ClN/c1-17(11-13-5-4-6-13)9-10-19-12-15(17)14-7-2-3-8-16(14)18/h2-3,7-8,13,15,19H,4-6,9-12H2,1H3. The Morgan fingerprint density at radius 3 is 2.79 bits per heavy atom. The van der Waals surface area contributed by atoms with Gasteiger partial charge in [-0.05, 0) is 42.3 Å². The van der Waals surface area contributed by atoms with Crippen LogP contribution in [0.15, 0.2) is 24.3 Å². The lowest BCUT2D eigenvalue weighted by molar-refractivity contribution is 0.111. The molecule has 0 aromatic heterocycles. The summed E-state index contributed by atoms with van der Waals surface area (Å²) in [4.78, 5) is 0. The van der Waals surface area contributed by atoms with Crippen LogP contribution in [0.4, 0.5) is 0 Å². The predicted octanol–water partition coefficient (Wildman–Crippen LogP) is 4.61. The zero-order chi connectivity index (χ0) is 13.3. The number of rotatable bonds is 3. The van der Waals surface area contributed by atoms with Gasteiger partial charge in [-0.2, -0.15) is 0 Å². The van der Waals surface area contributed by atoms with Gasteiger partial charge in [0.2, 0.25) is 0 Å². The summed E-state index contributed by atoms with van der Waals surface area (Å²) in [7, 11) is 0. The van der Waals surface area contributed by atoms with Gasteiger partial charge < -0.3 is 5.32 Å². The first kappa shape index (κ1) is 13.5. The van der Waals surface area contributed by atoms with Gasteiger partial charge in [-0.15, -0.1) is 0 Å². The van der Waals surface area contributed by atoms with Gasteiger partial charge in [-0.1, -0.05) is 56.0 Å². The minimum atomic E-state index is 0.418. The summed E-state index contributed by atoms with van der Waals surface area (Å²) in [5.74, 6) is 1.53. The Morgan fingerprint density at radius 2 is 2.11 bits per heavy atom. The molecule has 3 rings (SSSR count). The molecule has 2 fully saturated rings. The average molecular weight is 278 g/mol. The lowest BCUT2D eigenvalue weighted by Crippen LogP contribution is -2.43. The molecule has 1 aromatic carbocycles. The number of nitrogens with one attached hydrogen (secondary N) is 1. The third-order valence-corrected chi connectivity index (χ3v) is 5.67. The summed E-state index contributed by atoms with van der Waals surface area (Å²) in [5, 5.41) is 4.51. The Balaban J connectivity index is 1.85. The van der Waals surface area contributed by atoms with Crippen molar-refractivity contribution in [2.24, 2.45) is 11.3 Å². The summed E-state index contributed by atoms with van der Waals surface area (Å²) in [6, 6.07) is 8.42. The minimum absolute atomic E-state index is 0.418. The Morgan fingerprint density at radius 1 is 1.32 bits per heavy atom. The number of halogens is 1. The SMILES string of the molecule is CC1(CC2CCC2)CCNCC1c1ccccc1Cl. The van der Waals surface area contributed by atoms with E-state index in [-0.39, 0.29) is 0 Å². The fourth-order valence-electron chi connectivity index (χ4n) is 3.88. The number of hydrogen-bond donors (Lipinski definition) is 1. The highest BCUT2D eigenvalue weighted by atomic mass is 35.5. The third-order valence-electron chi connectivity index (χ3n) is 5.32. The molecule has 0 spiro atoms. The zero-order valence-electron chi connectivity index (χ0n) is 11.8. The lowest BCUT2D eigenvalue weighted by Gasteiger charge is -2.46. The van der Waals surface area contributed by atoms with E-state index >= 15 is 0 Å². The molecule has 1 aliphatic heterocycles. The summed E-state index contributed by atoms with van der Waals surface area (Å²) in [6.45, 7) is 4.72. The predicted molar refractivity (Wildman–Crippen MR) is 81.7 cm³/mol. The van der Waals surface area contributed by atoms with Crippen molar-refractivity contribution in [3.63, 3.8) is 0 Å². The zero-order valence-corrected chi connectivity index (χ0v) is 12.5. The molecule has 2 unspecified atom stereocenters. The van der Waals surface area contributed by atoms with Crippen molar-refractivity contribution in [3.8, 4) is 0 Å². The molecule has 1 heterocycles. The fraction of sp³-hybridized carbons (Fsp3) is 0.647. The molecule has 0 radical (unpaired) electrons. The maximum absolute atomic E-state index is 6.44. The van der Waals surface area contributed by atoms with Gasteiger partial charge in [-0.3, -0.25) is 0 Å². The molecule has 2 aliphatic rings. The minimum Gasteiger partial charge on any atom is -0.316 e. The van der Waals surface area contributed by atoms with Gasteiger partial charge in [-0.25, -0.2) is 0 Å². The molecule has 19 heavy (non-hydrogen) atoms. The molecule has 2 atom stereocenters. The van der Waals surface area contributed by atoms with Crippen LogP contribution in [0.3, 0.4) is 0 Å². The molecule has 1 saturated carbocycles. The molecule has 2 heteroatoms. The Kier molecular flexibility index (Phi) is 3.86. The largest absolute Gasteiger partial charge is 0.316 e. The van der Waals surface area contributed by atoms with Crippen molar-refractivity contribution in [3.05, 3.63) is 34.9 Å². The normalized spacial score (nSPS) is 32.0. The van der Waals surface area contributed by atoms with Gasteiger partial charge >= 0.3 is 0 Å². The smallest absolute Gasteiger partial charge is 0.0441 e. The molecular formula is C17H24ClN. The molecule has 1 nitrogen and oxygen atoms in total. The first-order valence-electron chi connectivity index (χ1n) is 7.64. The van der Waals surface area contributed by atoms with E-state index in [1.54, 1.807) is 0 Å². The van der Waals surface area contributed by atoms with E-state index in [2.05, 4.69) is 24.4 Å². The first-order valence-corrected chi connectivity index (χ1v) is 8.02. The van der Waals surface area contributed by atoms with Gasteiger partial charge in [0.05, 0.1) is 0 Å². The van der Waals surface area contributed by atoms with E-state index in [1.165, 1.54) is 37.7 Å². The maximum atomic E-state index is 6.44. The van der Waals surface area contributed by atoms with E-state index < -0.39 is 0 Å². The van der Waals surface area contributed by atoms with E-state index in [9.17, 15) is 0 Å². The van der Waals surface area contributed by atoms with Gasteiger partial charge in [0.25, 0.3) is 0 Å². The molecule has 1 saturated heterocycles. The van der Waals surface area contributed by atoms with Crippen molar-refractivity contribution in [2.45, 2.75) is 44.9 Å². The average Bonchev–Trinajstić information content (AvgIpc) is 2.36. The van der Waals surface area contributed by atoms with Crippen LogP contribution in [0.2, 0.25) is 5.02 Å². The van der Waals surface area contributed by atoms with Crippen LogP contribution in [-0.4, -0.2) is 13.1 Å². The van der Waals surface area contributed by atoms with Crippen LogP contribution >= 0.6 is 11.6 Å². The summed E-state index contributed by atoms with van der Waals surface area (Å²) < 4.78 is 0. The highest BCUT2D eigenvalue weighted by Gasteiger charge is 2.40. The van der Waals surface area contributed by atoms with Crippen molar-refractivity contribution < 1.29 is 0 Å². The van der Waals surface area contributed by atoms with Crippen LogP contribution in [0.25, 0.3) is 0 Å². The molecule has 1 aliphatic carbocycles. The van der Waals surface area contributed by atoms with Crippen LogP contribution < -0.4 is 5.32 Å². The fourth-order valence-corrected chi connectivity index (χ4v) is 4.15. The van der Waals surface area contributed by atoms with Crippen LogP contribution in [0, 0.1) is 11.3 Å². The van der Waals surface area contributed by atoms with E-state index in [0.29, 0.717) is 11.3 Å². The molecule has 0 amide bonds. The number of benzene rings is 1. The highest BCUT2D eigenvalue weighted by molar-refractivity contribution is 6.31. The first-order chi connectivity index (χ1) is 9.19. The van der Waals surface area contributed by atoms with Crippen LogP contribution in [0.1, 0.15) is 50.5 Å². The molecule has 1 aromatic rings. The maximum Gasteiger partial charge on any atom is 0.0441 e. The number of piperidine rings is 1. The second-order valence-corrected chi connectivity index (χ2v) is 7.09. The molecule has 0 bridgehead atoms. The lowest BCUT2D eigenvalue weighted by atomic mass is 9.62. The topological polar surface area (TPSA) is 12.0 Å². The third kappa shape index (κ3) is 2.68. The van der Waals surface area contributed by atoms with Crippen LogP contribution in [0.5, 0.6) is 0 Å². The van der Waals surface area contributed by atoms with E-state index in [1.807, 2.05) is 12.1 Å². The summed E-state index contributed by atoms with van der Waals surface area (Å²) >= 11 is 6.44. The van der Waals surface area contributed by atoms with Crippen molar-refractivity contribution in [1.29, 1.82) is 0 Å². The Hall–Kier alpha value is -0.530. The van der Waals surface area contributed by atoms with Gasteiger partial charge in [0, 0.05) is 17.5 Å². The number of hydrogen-bond acceptors (Lipinski definition) is 1. The van der Waals surface area contributed by atoms with Crippen LogP contribution in [-0.2, 0) is 0 Å². The second kappa shape index (κ2) is 5.46. The Bertz CT molecular complexity index is 441. The van der Waals surface area contributed by atoms with Gasteiger partial charge in [0.15, 0.2) is 0 Å². The highest BCUT2D eigenvalue weighted by Crippen LogP contribution is 2.49. The quantitative estimate of drug-likeness (QED) is 0.850. The van der Waals surface area contributed by atoms with Crippen molar-refractivity contribution >= 4 is 11.6 Å². The molecule has 1 N–H and O–H groups in total. The van der Waals surface area contributed by atoms with Gasteiger partial charge in [0.1, 0.15) is 0 Å². The molecular weight excluding hydrogens is 254 g/mol. The van der Waals surface area contributed by atoms with Crippen molar-refractivity contribution in [1.82, 2.24) is 5.32 Å². The summed E-state index contributed by atoms with van der Waals surface area (Å²) in [6.07, 6.45) is 6.98. The summed E-state index contributed by atoms with van der Waals surface area (Å²) in [5.41, 5.74) is 1.76. The monoisotopic (exact) mass is 277 g/mol. The van der Waals surface area contributed by atoms with Crippen molar-refractivity contribution in [2.75, 3.05) is 13.1 Å². The second-order valence-electron chi connectivity index (χ2n) is 6.68. The molecule has 104 valence electrons.